The van der Waals surface area contributed by atoms with Crippen LogP contribution in [0.2, 0.25) is 0 Å². The summed E-state index contributed by atoms with van der Waals surface area (Å²) in [6, 6.07) is 6.28. The molecule has 2 bridgehead atoms. The Morgan fingerprint density at radius 1 is 1.11 bits per heavy atom. The number of thiazole rings is 1. The minimum atomic E-state index is -0.465. The van der Waals surface area contributed by atoms with Crippen molar-refractivity contribution < 1.29 is 23.9 Å². The molecule has 38 heavy (non-hydrogen) atoms. The number of nitrogens with zero attached hydrogens (tertiary/aromatic N) is 1. The summed E-state index contributed by atoms with van der Waals surface area (Å²) in [6.07, 6.45) is 1.68. The second kappa shape index (κ2) is 9.08. The molecule has 2 N–H and O–H groups in total. The Labute approximate surface area is 227 Å². The molecule has 0 spiro atoms. The van der Waals surface area contributed by atoms with Gasteiger partial charge in [0, 0.05) is 21.2 Å². The second-order valence-electron chi connectivity index (χ2n) is 10.8. The summed E-state index contributed by atoms with van der Waals surface area (Å²) in [4.78, 5) is 69.1. The predicted molar refractivity (Wildman–Crippen MR) is 142 cm³/mol. The third kappa shape index (κ3) is 3.61. The number of hydrogen-bond acceptors (Lipinski definition) is 8. The molecule has 7 atom stereocenters. The van der Waals surface area contributed by atoms with Gasteiger partial charge >= 0.3 is 10.8 Å². The maximum atomic E-state index is 13.6. The topological polar surface area (TPSA) is 126 Å². The summed E-state index contributed by atoms with van der Waals surface area (Å²) in [5, 5.41) is 3.80. The fraction of sp³-hybridized carbons (Fsp3) is 0.519. The molecule has 2 aromatic rings. The fourth-order valence-electron chi connectivity index (χ4n) is 7.36. The van der Waals surface area contributed by atoms with Crippen LogP contribution in [-0.4, -0.2) is 52.0 Å². The first-order valence-electron chi connectivity index (χ1n) is 13.0. The molecule has 0 unspecified atom stereocenters. The number of carbonyl (C=O) groups excluding carboxylic acids is 4. The van der Waals surface area contributed by atoms with Crippen LogP contribution < -0.4 is 10.2 Å². The molecule has 3 fully saturated rings. The number of aromatic amines is 1. The molecule has 0 radical (unpaired) electrons. The molecule has 2 saturated carbocycles. The third-order valence-electron chi connectivity index (χ3n) is 9.03. The average molecular weight is 556 g/mol. The second-order valence-corrected chi connectivity index (χ2v) is 12.9. The maximum absolute atomic E-state index is 13.6. The first-order chi connectivity index (χ1) is 18.2. The third-order valence-corrected chi connectivity index (χ3v) is 11.8. The first kappa shape index (κ1) is 25.4. The minimum Gasteiger partial charge on any atom is -0.462 e. The Kier molecular flexibility index (Phi) is 6.06. The molecule has 3 heterocycles. The van der Waals surface area contributed by atoms with Crippen molar-refractivity contribution in [3.63, 3.8) is 0 Å². The summed E-state index contributed by atoms with van der Waals surface area (Å²) in [5.74, 6) is -1.95. The number of thioether (sulfide) groups is 1. The van der Waals surface area contributed by atoms with Gasteiger partial charge in [-0.3, -0.25) is 24.1 Å². The van der Waals surface area contributed by atoms with Gasteiger partial charge in [-0.2, -0.15) is 0 Å². The minimum absolute atomic E-state index is 0.0439. The molecule has 2 aliphatic carbocycles. The number of fused-ring (bicyclic) bond motifs is 9. The van der Waals surface area contributed by atoms with Crippen molar-refractivity contribution in [2.45, 2.75) is 49.3 Å². The smallest absolute Gasteiger partial charge is 0.338 e. The molecule has 6 rings (SSSR count). The van der Waals surface area contributed by atoms with Crippen LogP contribution in [0.1, 0.15) is 48.8 Å². The van der Waals surface area contributed by atoms with Gasteiger partial charge < -0.3 is 15.0 Å². The maximum Gasteiger partial charge on any atom is 0.338 e. The zero-order valence-electron chi connectivity index (χ0n) is 21.3. The van der Waals surface area contributed by atoms with Crippen molar-refractivity contribution in [3.05, 3.63) is 44.4 Å². The van der Waals surface area contributed by atoms with Gasteiger partial charge in [0.05, 0.1) is 29.0 Å². The van der Waals surface area contributed by atoms with E-state index in [-0.39, 0.29) is 58.3 Å². The lowest BCUT2D eigenvalue weighted by molar-refractivity contribution is -0.143. The molecular formula is C27H29N3O6S2. The lowest BCUT2D eigenvalue weighted by Gasteiger charge is -2.48. The van der Waals surface area contributed by atoms with E-state index in [1.54, 1.807) is 43.0 Å². The Morgan fingerprint density at radius 2 is 1.79 bits per heavy atom. The summed E-state index contributed by atoms with van der Waals surface area (Å²) < 4.78 is 4.97. The van der Waals surface area contributed by atoms with Gasteiger partial charge in [0.25, 0.3) is 0 Å². The number of H-pyrrole nitrogens is 1. The van der Waals surface area contributed by atoms with E-state index in [0.717, 1.165) is 27.6 Å². The van der Waals surface area contributed by atoms with Crippen LogP contribution in [-0.2, 0) is 24.5 Å². The van der Waals surface area contributed by atoms with E-state index in [0.29, 0.717) is 11.3 Å². The highest BCUT2D eigenvalue weighted by molar-refractivity contribution is 8.00. The highest BCUT2D eigenvalue weighted by atomic mass is 32.2. The van der Waals surface area contributed by atoms with Crippen molar-refractivity contribution in [2.75, 3.05) is 18.5 Å². The van der Waals surface area contributed by atoms with Crippen molar-refractivity contribution in [3.8, 4) is 0 Å². The lowest BCUT2D eigenvalue weighted by atomic mass is 9.62. The number of amides is 3. The normalized spacial score (nSPS) is 32.7. The van der Waals surface area contributed by atoms with Crippen molar-refractivity contribution >= 4 is 52.5 Å². The van der Waals surface area contributed by atoms with Gasteiger partial charge in [0.15, 0.2) is 0 Å². The Hall–Kier alpha value is -2.92. The quantitative estimate of drug-likeness (QED) is 0.414. The van der Waals surface area contributed by atoms with Gasteiger partial charge in [-0.25, -0.2) is 4.79 Å². The van der Waals surface area contributed by atoms with Crippen LogP contribution in [0.5, 0.6) is 0 Å². The summed E-state index contributed by atoms with van der Waals surface area (Å²) >= 11 is 2.93. The number of anilines is 1. The monoisotopic (exact) mass is 555 g/mol. The Morgan fingerprint density at radius 3 is 2.45 bits per heavy atom. The van der Waals surface area contributed by atoms with Crippen LogP contribution in [0, 0.1) is 29.6 Å². The Balaban J connectivity index is 1.19. The highest BCUT2D eigenvalue weighted by Crippen LogP contribution is 2.69. The van der Waals surface area contributed by atoms with E-state index in [1.165, 1.54) is 11.3 Å². The fourth-order valence-corrected chi connectivity index (χ4v) is 10.6. The number of hydrogen-bond donors (Lipinski definition) is 2. The molecule has 1 aromatic carbocycles. The zero-order valence-corrected chi connectivity index (χ0v) is 22.9. The van der Waals surface area contributed by atoms with Crippen LogP contribution in [0.4, 0.5) is 5.69 Å². The molecule has 200 valence electrons. The number of likely N-dealkylation sites (tertiary alicyclic amines) is 1. The van der Waals surface area contributed by atoms with Gasteiger partial charge in [-0.1, -0.05) is 25.2 Å². The number of esters is 1. The first-order valence-corrected chi connectivity index (χ1v) is 14.7. The molecule has 11 heteroatoms. The molecule has 3 amide bonds. The van der Waals surface area contributed by atoms with E-state index >= 15 is 0 Å². The predicted octanol–water partition coefficient (Wildman–Crippen LogP) is 3.26. The van der Waals surface area contributed by atoms with E-state index in [4.69, 9.17) is 4.74 Å². The number of benzene rings is 1. The van der Waals surface area contributed by atoms with Crippen LogP contribution >= 0.6 is 23.1 Å². The number of nitrogens with one attached hydrogen (secondary N) is 2. The lowest BCUT2D eigenvalue weighted by Crippen LogP contribution is -2.49. The van der Waals surface area contributed by atoms with Gasteiger partial charge in [-0.15, -0.1) is 11.8 Å². The van der Waals surface area contributed by atoms with Crippen LogP contribution in [0.3, 0.4) is 0 Å². The molecule has 1 aromatic heterocycles. The van der Waals surface area contributed by atoms with Crippen molar-refractivity contribution in [1.29, 1.82) is 0 Å². The van der Waals surface area contributed by atoms with Gasteiger partial charge in [0.2, 0.25) is 17.7 Å². The summed E-state index contributed by atoms with van der Waals surface area (Å²) in [7, 11) is 0. The molecule has 4 aliphatic rings. The van der Waals surface area contributed by atoms with Crippen molar-refractivity contribution in [2.24, 2.45) is 29.6 Å². The number of aromatic nitrogens is 1. The largest absolute Gasteiger partial charge is 0.462 e. The Bertz CT molecular complexity index is 1400. The number of carbonyl (C=O) groups is 4. The summed E-state index contributed by atoms with van der Waals surface area (Å²) in [6.45, 7) is 5.98. The standard InChI is InChI=1S/C27H29N3O6S2/c1-4-27(3)19-14-10-15(20(19)37-22-21(27)38-26(35)29-22)18-17(14)23(32)30(24(18)33)11-16(31)28-13-8-6-12(7-9-13)25(34)36-5-2/h6-9,14-15,17-20H,4-5,10-11H2,1-3H3,(H,28,31)(H,29,35)/t14-,15-,17-,18-,19+,20+,27-/m1/s1. The highest BCUT2D eigenvalue weighted by Gasteiger charge is 2.71. The molecule has 9 nitrogen and oxygen atoms in total. The molecule has 1 saturated heterocycles. The average Bonchev–Trinajstić information content (AvgIpc) is 3.62. The van der Waals surface area contributed by atoms with E-state index < -0.39 is 23.7 Å². The number of ether oxygens (including phenoxy) is 1. The van der Waals surface area contributed by atoms with E-state index in [2.05, 4.69) is 24.1 Å². The van der Waals surface area contributed by atoms with Crippen LogP contribution in [0.15, 0.2) is 34.1 Å². The van der Waals surface area contributed by atoms with E-state index in [1.807, 2.05) is 0 Å². The van der Waals surface area contributed by atoms with Gasteiger partial charge in [0.1, 0.15) is 6.54 Å². The van der Waals surface area contributed by atoms with E-state index in [9.17, 15) is 24.0 Å². The van der Waals surface area contributed by atoms with Crippen molar-refractivity contribution in [1.82, 2.24) is 9.88 Å². The van der Waals surface area contributed by atoms with Gasteiger partial charge in [-0.05, 0) is 61.8 Å². The zero-order chi connectivity index (χ0) is 26.9. The van der Waals surface area contributed by atoms with Crippen LogP contribution in [0.25, 0.3) is 0 Å². The molecular weight excluding hydrogens is 526 g/mol. The number of rotatable bonds is 6. The number of imide groups is 1. The summed E-state index contributed by atoms with van der Waals surface area (Å²) in [5.41, 5.74) is 0.599. The molecule has 2 aliphatic heterocycles. The SMILES string of the molecule is CCOC(=O)c1ccc(NC(=O)CN2C(=O)[C@@H]3[C@H]4C[C@@H]([C@@H]5Sc6[nH]c(=O)sc6[C@](C)(CC)[C@@H]45)[C@H]3C2=O)cc1.